The zero-order valence-corrected chi connectivity index (χ0v) is 22.1. The first-order valence-electron chi connectivity index (χ1n) is 11.5. The molecule has 0 bridgehead atoms. The molecule has 0 unspecified atom stereocenters. The smallest absolute Gasteiger partial charge is 0.242 e. The highest BCUT2D eigenvalue weighted by atomic mass is 35.5. The Balaban J connectivity index is 2.16. The second-order valence-corrected chi connectivity index (χ2v) is 10.9. The maximum atomic E-state index is 13.3. The number of carbonyl (C=O) groups is 2. The third-order valence-electron chi connectivity index (χ3n) is 5.68. The van der Waals surface area contributed by atoms with Crippen LogP contribution in [-0.2, 0) is 26.2 Å². The van der Waals surface area contributed by atoms with Gasteiger partial charge in [-0.2, -0.15) is 0 Å². The van der Waals surface area contributed by atoms with Crippen LogP contribution in [0.5, 0.6) is 0 Å². The molecule has 1 N–H and O–H groups in total. The summed E-state index contributed by atoms with van der Waals surface area (Å²) < 4.78 is 39.3. The summed E-state index contributed by atoms with van der Waals surface area (Å²) in [4.78, 5) is 27.4. The molecule has 0 aromatic heterocycles. The second-order valence-electron chi connectivity index (χ2n) is 8.56. The molecule has 0 aliphatic rings. The van der Waals surface area contributed by atoms with Gasteiger partial charge in [0.1, 0.15) is 11.9 Å². The van der Waals surface area contributed by atoms with Crippen LogP contribution in [0.3, 0.4) is 0 Å². The molecule has 2 aromatic carbocycles. The molecule has 0 heterocycles. The standard InChI is InChI=1S/C25H33ClFN3O4S/c1-5-18(2)28-25(32)19(3)29(17-20-11-13-22(27)14-12-20)24(31)10-7-15-30(35(4,33)34)23-9-6-8-21(26)16-23/h6,8-9,11-14,16,18-19H,5,7,10,15,17H2,1-4H3,(H,28,32)/t18-,19+/m1/s1. The number of benzene rings is 2. The van der Waals surface area contributed by atoms with Gasteiger partial charge < -0.3 is 10.2 Å². The van der Waals surface area contributed by atoms with Crippen LogP contribution in [0.15, 0.2) is 48.5 Å². The van der Waals surface area contributed by atoms with Crippen molar-refractivity contribution in [2.45, 2.75) is 58.7 Å². The predicted octanol–water partition coefficient (Wildman–Crippen LogP) is 4.36. The topological polar surface area (TPSA) is 86.8 Å². The molecule has 0 radical (unpaired) electrons. The summed E-state index contributed by atoms with van der Waals surface area (Å²) in [5, 5.41) is 3.29. The van der Waals surface area contributed by atoms with Gasteiger partial charge in [-0.25, -0.2) is 12.8 Å². The lowest BCUT2D eigenvalue weighted by Gasteiger charge is -2.30. The Kier molecular flexibility index (Phi) is 10.5. The Bertz CT molecular complexity index is 1110. The summed E-state index contributed by atoms with van der Waals surface area (Å²) in [5.41, 5.74) is 1.09. The lowest BCUT2D eigenvalue weighted by atomic mass is 10.1. The Labute approximate surface area is 212 Å². The van der Waals surface area contributed by atoms with E-state index in [1.54, 1.807) is 43.3 Å². The van der Waals surface area contributed by atoms with Gasteiger partial charge in [0.2, 0.25) is 21.8 Å². The van der Waals surface area contributed by atoms with Crippen LogP contribution in [0.2, 0.25) is 5.02 Å². The number of anilines is 1. The average Bonchev–Trinajstić information content (AvgIpc) is 2.79. The van der Waals surface area contributed by atoms with Gasteiger partial charge in [0.05, 0.1) is 11.9 Å². The average molecular weight is 526 g/mol. The van der Waals surface area contributed by atoms with Crippen molar-refractivity contribution < 1.29 is 22.4 Å². The van der Waals surface area contributed by atoms with E-state index in [2.05, 4.69) is 5.32 Å². The third-order valence-corrected chi connectivity index (χ3v) is 7.11. The predicted molar refractivity (Wildman–Crippen MR) is 137 cm³/mol. The van der Waals surface area contributed by atoms with E-state index in [0.29, 0.717) is 16.3 Å². The van der Waals surface area contributed by atoms with Crippen LogP contribution in [0.4, 0.5) is 10.1 Å². The summed E-state index contributed by atoms with van der Waals surface area (Å²) in [6.45, 7) is 5.67. The van der Waals surface area contributed by atoms with Crippen molar-refractivity contribution in [2.24, 2.45) is 0 Å². The molecule has 0 saturated carbocycles. The molecule has 0 aliphatic carbocycles. The van der Waals surface area contributed by atoms with Gasteiger partial charge in [0.25, 0.3) is 0 Å². The number of amides is 2. The largest absolute Gasteiger partial charge is 0.352 e. The van der Waals surface area contributed by atoms with E-state index in [0.717, 1.165) is 12.7 Å². The number of rotatable bonds is 12. The first-order chi connectivity index (χ1) is 16.4. The minimum absolute atomic E-state index is 0.0226. The molecule has 2 rings (SSSR count). The van der Waals surface area contributed by atoms with Crippen LogP contribution in [0.1, 0.15) is 45.6 Å². The minimum atomic E-state index is -3.60. The SMILES string of the molecule is CC[C@@H](C)NC(=O)[C@H](C)N(Cc1ccc(F)cc1)C(=O)CCCN(c1cccc(Cl)c1)S(C)(=O)=O. The first-order valence-corrected chi connectivity index (χ1v) is 13.7. The zero-order chi connectivity index (χ0) is 26.2. The molecule has 192 valence electrons. The van der Waals surface area contributed by atoms with Crippen LogP contribution in [0.25, 0.3) is 0 Å². The summed E-state index contributed by atoms with van der Waals surface area (Å²) in [6.07, 6.45) is 2.10. The molecule has 10 heteroatoms. The molecular weight excluding hydrogens is 493 g/mol. The highest BCUT2D eigenvalue weighted by molar-refractivity contribution is 7.92. The van der Waals surface area contributed by atoms with Gasteiger partial charge in [-0.15, -0.1) is 0 Å². The van der Waals surface area contributed by atoms with Crippen molar-refractivity contribution in [3.05, 3.63) is 64.9 Å². The molecular formula is C25H33ClFN3O4S. The summed E-state index contributed by atoms with van der Waals surface area (Å²) in [5.74, 6) is -0.983. The van der Waals surface area contributed by atoms with E-state index in [9.17, 15) is 22.4 Å². The van der Waals surface area contributed by atoms with E-state index in [1.165, 1.54) is 21.3 Å². The van der Waals surface area contributed by atoms with E-state index in [-0.39, 0.29) is 43.8 Å². The number of halogens is 2. The van der Waals surface area contributed by atoms with Crippen molar-refractivity contribution in [2.75, 3.05) is 17.1 Å². The monoisotopic (exact) mass is 525 g/mol. The Morgan fingerprint density at radius 3 is 2.34 bits per heavy atom. The summed E-state index contributed by atoms with van der Waals surface area (Å²) in [6, 6.07) is 11.4. The van der Waals surface area contributed by atoms with E-state index < -0.39 is 21.9 Å². The Morgan fingerprint density at radius 2 is 1.77 bits per heavy atom. The molecule has 0 saturated heterocycles. The number of nitrogens with zero attached hydrogens (tertiary/aromatic N) is 2. The lowest BCUT2D eigenvalue weighted by molar-refractivity contribution is -0.140. The van der Waals surface area contributed by atoms with Crippen molar-refractivity contribution in [3.8, 4) is 0 Å². The lowest BCUT2D eigenvalue weighted by Crippen LogP contribution is -2.49. The fraction of sp³-hybridized carbons (Fsp3) is 0.440. The molecule has 0 spiro atoms. The molecule has 0 fully saturated rings. The normalized spacial score (nSPS) is 13.1. The van der Waals surface area contributed by atoms with E-state index >= 15 is 0 Å². The van der Waals surface area contributed by atoms with E-state index in [1.807, 2.05) is 13.8 Å². The minimum Gasteiger partial charge on any atom is -0.352 e. The van der Waals surface area contributed by atoms with Crippen LogP contribution in [0, 0.1) is 5.82 Å². The van der Waals surface area contributed by atoms with Crippen LogP contribution < -0.4 is 9.62 Å². The Hall–Kier alpha value is -2.65. The number of hydrogen-bond acceptors (Lipinski definition) is 4. The van der Waals surface area contributed by atoms with Gasteiger partial charge in [-0.3, -0.25) is 13.9 Å². The summed E-state index contributed by atoms with van der Waals surface area (Å²) in [7, 11) is -3.60. The molecule has 35 heavy (non-hydrogen) atoms. The highest BCUT2D eigenvalue weighted by Crippen LogP contribution is 2.22. The van der Waals surface area contributed by atoms with Gasteiger partial charge in [0.15, 0.2) is 0 Å². The van der Waals surface area contributed by atoms with Gasteiger partial charge >= 0.3 is 0 Å². The number of nitrogens with one attached hydrogen (secondary N) is 1. The molecule has 7 nitrogen and oxygen atoms in total. The third kappa shape index (κ3) is 8.81. The summed E-state index contributed by atoms with van der Waals surface area (Å²) >= 11 is 6.02. The van der Waals surface area contributed by atoms with Crippen molar-refractivity contribution in [1.82, 2.24) is 10.2 Å². The van der Waals surface area contributed by atoms with Gasteiger partial charge in [0, 0.05) is 30.6 Å². The zero-order valence-electron chi connectivity index (χ0n) is 20.5. The molecule has 2 aromatic rings. The number of hydrogen-bond donors (Lipinski definition) is 1. The maximum absolute atomic E-state index is 13.3. The molecule has 2 atom stereocenters. The van der Waals surface area contributed by atoms with Gasteiger partial charge in [-0.05, 0) is 62.6 Å². The molecule has 2 amide bonds. The van der Waals surface area contributed by atoms with Crippen molar-refractivity contribution in [3.63, 3.8) is 0 Å². The molecule has 0 aliphatic heterocycles. The fourth-order valence-electron chi connectivity index (χ4n) is 3.47. The second kappa shape index (κ2) is 12.9. The Morgan fingerprint density at radius 1 is 1.11 bits per heavy atom. The van der Waals surface area contributed by atoms with Gasteiger partial charge in [-0.1, -0.05) is 36.7 Å². The fourth-order valence-corrected chi connectivity index (χ4v) is 4.61. The van der Waals surface area contributed by atoms with Crippen LogP contribution >= 0.6 is 11.6 Å². The quantitative estimate of drug-likeness (QED) is 0.446. The maximum Gasteiger partial charge on any atom is 0.242 e. The number of carbonyl (C=O) groups excluding carboxylic acids is 2. The highest BCUT2D eigenvalue weighted by Gasteiger charge is 2.27. The van der Waals surface area contributed by atoms with Crippen LogP contribution in [-0.4, -0.2) is 50.0 Å². The first kappa shape index (κ1) is 28.6. The number of sulfonamides is 1. The van der Waals surface area contributed by atoms with Crippen molar-refractivity contribution in [1.29, 1.82) is 0 Å². The van der Waals surface area contributed by atoms with Crippen molar-refractivity contribution >= 4 is 39.1 Å². The van der Waals surface area contributed by atoms with E-state index in [4.69, 9.17) is 11.6 Å².